The van der Waals surface area contributed by atoms with Crippen LogP contribution in [0.25, 0.3) is 33.4 Å². The van der Waals surface area contributed by atoms with Crippen molar-refractivity contribution in [2.75, 3.05) is 9.80 Å². The van der Waals surface area contributed by atoms with E-state index in [1.807, 2.05) is 0 Å². The molecule has 2 aliphatic heterocycles. The summed E-state index contributed by atoms with van der Waals surface area (Å²) in [4.78, 5) is 4.70. The monoisotopic (exact) mass is 740 g/mol. The number of hydrogen-bond acceptors (Lipinski definition) is 3. The zero-order chi connectivity index (χ0) is 38.4. The van der Waals surface area contributed by atoms with Gasteiger partial charge in [-0.3, -0.25) is 0 Å². The first kappa shape index (κ1) is 33.8. The van der Waals surface area contributed by atoms with Gasteiger partial charge in [0.25, 0.3) is 6.71 Å². The van der Waals surface area contributed by atoms with E-state index in [9.17, 15) is 0 Å². The Morgan fingerprint density at radius 2 is 0.862 bits per heavy atom. The lowest BCUT2D eigenvalue weighted by Crippen LogP contribution is -2.59. The van der Waals surface area contributed by atoms with E-state index in [-0.39, 0.29) is 6.71 Å². The molecule has 0 N–H and O–H groups in total. The van der Waals surface area contributed by atoms with Crippen molar-refractivity contribution in [3.63, 3.8) is 0 Å². The van der Waals surface area contributed by atoms with Crippen LogP contribution in [0.2, 0.25) is 0 Å². The number of fused-ring (bicyclic) bond motifs is 4. The first-order valence-electron chi connectivity index (χ1n) is 19.9. The van der Waals surface area contributed by atoms with Gasteiger partial charge in [-0.05, 0) is 123 Å². The molecule has 272 valence electrons. The largest absolute Gasteiger partial charge is 0.458 e. The minimum atomic E-state index is 0.0364. The van der Waals surface area contributed by atoms with Gasteiger partial charge in [-0.2, -0.15) is 0 Å². The Morgan fingerprint density at radius 3 is 1.59 bits per heavy atom. The Kier molecular flexibility index (Phi) is 8.26. The highest BCUT2D eigenvalue weighted by Gasteiger charge is 2.41. The normalized spacial score (nSPS) is 12.2. The highest BCUT2D eigenvalue weighted by molar-refractivity contribution is 6.99. The van der Waals surface area contributed by atoms with Crippen molar-refractivity contribution in [3.8, 4) is 44.9 Å². The molecule has 4 heteroatoms. The molecule has 3 nitrogen and oxygen atoms in total. The number of anilines is 6. The Labute approximate surface area is 339 Å². The average molecular weight is 741 g/mol. The predicted molar refractivity (Wildman–Crippen MR) is 243 cm³/mol. The van der Waals surface area contributed by atoms with E-state index >= 15 is 0 Å². The van der Waals surface area contributed by atoms with E-state index in [0.29, 0.717) is 0 Å². The quantitative estimate of drug-likeness (QED) is 0.151. The molecule has 11 rings (SSSR count). The Balaban J connectivity index is 0.987. The molecule has 9 aromatic rings. The molecule has 2 heterocycles. The van der Waals surface area contributed by atoms with Crippen LogP contribution in [-0.4, -0.2) is 6.71 Å². The van der Waals surface area contributed by atoms with Gasteiger partial charge in [-0.15, -0.1) is 0 Å². The van der Waals surface area contributed by atoms with Crippen molar-refractivity contribution in [2.45, 2.75) is 0 Å². The molecule has 0 aromatic heterocycles. The van der Waals surface area contributed by atoms with Crippen LogP contribution in [0.4, 0.5) is 34.1 Å². The van der Waals surface area contributed by atoms with Crippen molar-refractivity contribution in [3.05, 3.63) is 224 Å². The summed E-state index contributed by atoms with van der Waals surface area (Å²) < 4.78 is 6.92. The Morgan fingerprint density at radius 1 is 0.345 bits per heavy atom. The smallest absolute Gasteiger partial charge is 0.256 e. The van der Waals surface area contributed by atoms with Crippen LogP contribution in [0.1, 0.15) is 0 Å². The van der Waals surface area contributed by atoms with Crippen LogP contribution >= 0.6 is 0 Å². The molecule has 0 bridgehead atoms. The van der Waals surface area contributed by atoms with Crippen LogP contribution in [0.5, 0.6) is 11.5 Å². The molecule has 0 saturated carbocycles. The topological polar surface area (TPSA) is 15.7 Å². The second-order valence-corrected chi connectivity index (χ2v) is 14.9. The van der Waals surface area contributed by atoms with Crippen LogP contribution in [-0.2, 0) is 0 Å². The van der Waals surface area contributed by atoms with Gasteiger partial charge in [0.2, 0.25) is 0 Å². The molecule has 0 spiro atoms. The summed E-state index contributed by atoms with van der Waals surface area (Å²) in [5.74, 6) is 1.77. The van der Waals surface area contributed by atoms with Crippen molar-refractivity contribution in [1.82, 2.24) is 0 Å². The zero-order valence-electron chi connectivity index (χ0n) is 31.7. The highest BCUT2D eigenvalue weighted by atomic mass is 16.5. The number of para-hydroxylation sites is 3. The first-order valence-corrected chi connectivity index (χ1v) is 19.9. The minimum Gasteiger partial charge on any atom is -0.458 e. The third-order valence-electron chi connectivity index (χ3n) is 11.5. The molecular weight excluding hydrogens is 703 g/mol. The van der Waals surface area contributed by atoms with E-state index in [1.54, 1.807) is 0 Å². The van der Waals surface area contributed by atoms with Crippen LogP contribution in [0.15, 0.2) is 224 Å². The van der Waals surface area contributed by atoms with Gasteiger partial charge in [0.05, 0.1) is 0 Å². The molecule has 0 amide bonds. The van der Waals surface area contributed by atoms with Gasteiger partial charge in [0.15, 0.2) is 0 Å². The fraction of sp³-hybridized carbons (Fsp3) is 0. The minimum absolute atomic E-state index is 0.0364. The Bertz CT molecular complexity index is 2950. The standard InChI is InChI=1S/C54H37BN2O/c1-4-16-38(17-5-1)39-18-12-19-40(34-39)41-20-13-21-42(35-41)43-22-14-27-46(36-43)56(44-23-6-2-7-24-44)47-32-33-49-53(37-47)58-52-31-15-30-51-54(52)55(49)48-28-10-11-29-50(48)57(51)45-25-8-3-9-26-45/h1-37H. The fourth-order valence-corrected chi connectivity index (χ4v) is 8.85. The lowest BCUT2D eigenvalue weighted by atomic mass is 9.34. The summed E-state index contributed by atoms with van der Waals surface area (Å²) >= 11 is 0. The van der Waals surface area contributed by atoms with E-state index in [1.165, 1.54) is 49.9 Å². The summed E-state index contributed by atoms with van der Waals surface area (Å²) in [7, 11) is 0. The first-order chi connectivity index (χ1) is 28.8. The maximum Gasteiger partial charge on any atom is 0.256 e. The van der Waals surface area contributed by atoms with Gasteiger partial charge in [0, 0.05) is 40.2 Å². The third-order valence-corrected chi connectivity index (χ3v) is 11.5. The second-order valence-electron chi connectivity index (χ2n) is 14.9. The molecule has 2 aliphatic rings. The van der Waals surface area contributed by atoms with Crippen LogP contribution in [0, 0.1) is 0 Å². The molecule has 0 radical (unpaired) electrons. The highest BCUT2D eigenvalue weighted by Crippen LogP contribution is 2.43. The van der Waals surface area contributed by atoms with E-state index in [4.69, 9.17) is 4.74 Å². The van der Waals surface area contributed by atoms with Crippen molar-refractivity contribution in [1.29, 1.82) is 0 Å². The summed E-state index contributed by atoms with van der Waals surface area (Å²) in [5.41, 5.74) is 17.4. The summed E-state index contributed by atoms with van der Waals surface area (Å²) in [6.07, 6.45) is 0. The maximum atomic E-state index is 6.92. The zero-order valence-corrected chi connectivity index (χ0v) is 31.7. The summed E-state index contributed by atoms with van der Waals surface area (Å²) in [5, 5.41) is 0. The van der Waals surface area contributed by atoms with Crippen LogP contribution < -0.4 is 30.9 Å². The molecule has 0 aliphatic carbocycles. The van der Waals surface area contributed by atoms with Crippen molar-refractivity contribution >= 4 is 57.2 Å². The molecule has 9 aromatic carbocycles. The van der Waals surface area contributed by atoms with E-state index in [0.717, 1.165) is 45.5 Å². The van der Waals surface area contributed by atoms with Gasteiger partial charge in [-0.1, -0.05) is 146 Å². The SMILES string of the molecule is c1ccc(-c2cccc(-c3cccc(-c4cccc(N(c5ccccc5)c5ccc6c(c5)Oc5cccc7c5B6c5ccccc5N7c5ccccc5)c4)c3)c2)cc1. The lowest BCUT2D eigenvalue weighted by molar-refractivity contribution is 0.487. The summed E-state index contributed by atoms with van der Waals surface area (Å²) in [6, 6.07) is 80.3. The Hall–Kier alpha value is -7.56. The second kappa shape index (κ2) is 14.2. The third kappa shape index (κ3) is 5.86. The molecule has 0 fully saturated rings. The number of ether oxygens (including phenoxy) is 1. The lowest BCUT2D eigenvalue weighted by Gasteiger charge is -2.40. The molecule has 58 heavy (non-hydrogen) atoms. The average Bonchev–Trinajstić information content (AvgIpc) is 3.30. The number of nitrogens with zero attached hydrogens (tertiary/aromatic N) is 2. The van der Waals surface area contributed by atoms with Gasteiger partial charge >= 0.3 is 0 Å². The van der Waals surface area contributed by atoms with Crippen molar-refractivity contribution in [2.24, 2.45) is 0 Å². The summed E-state index contributed by atoms with van der Waals surface area (Å²) in [6.45, 7) is 0.0364. The predicted octanol–water partition coefficient (Wildman–Crippen LogP) is 12.6. The van der Waals surface area contributed by atoms with Gasteiger partial charge < -0.3 is 14.5 Å². The molecule has 0 atom stereocenters. The molecular formula is C54H37BN2O. The number of rotatable bonds is 7. The fourth-order valence-electron chi connectivity index (χ4n) is 8.85. The van der Waals surface area contributed by atoms with Crippen molar-refractivity contribution < 1.29 is 4.74 Å². The van der Waals surface area contributed by atoms with E-state index < -0.39 is 0 Å². The maximum absolute atomic E-state index is 6.92. The van der Waals surface area contributed by atoms with E-state index in [2.05, 4.69) is 234 Å². The molecule has 0 unspecified atom stereocenters. The number of benzene rings is 9. The van der Waals surface area contributed by atoms with Gasteiger partial charge in [-0.25, -0.2) is 0 Å². The van der Waals surface area contributed by atoms with Gasteiger partial charge in [0.1, 0.15) is 11.5 Å². The van der Waals surface area contributed by atoms with Crippen LogP contribution in [0.3, 0.4) is 0 Å². The molecule has 0 saturated heterocycles. The number of hydrogen-bond donors (Lipinski definition) is 0.